The van der Waals surface area contributed by atoms with Crippen LogP contribution in [0.3, 0.4) is 0 Å². The molecule has 1 heterocycles. The maximum absolute atomic E-state index is 12.1. The quantitative estimate of drug-likeness (QED) is 0.548. The summed E-state index contributed by atoms with van der Waals surface area (Å²) in [6.45, 7) is 0. The molecule has 0 atom stereocenters. The summed E-state index contributed by atoms with van der Waals surface area (Å²) in [5.41, 5.74) is 3.49. The zero-order valence-electron chi connectivity index (χ0n) is 12.5. The van der Waals surface area contributed by atoms with Gasteiger partial charge in [-0.05, 0) is 18.2 Å². The molecule has 3 rings (SSSR count). The molecule has 5 nitrogen and oxygen atoms in total. The number of hydrogen-bond donors (Lipinski definition) is 1. The number of methoxy groups -OCH3 is 1. The van der Waals surface area contributed by atoms with Gasteiger partial charge < -0.3 is 9.15 Å². The van der Waals surface area contributed by atoms with Crippen LogP contribution in [0.2, 0.25) is 10.0 Å². The third-order valence-electron chi connectivity index (χ3n) is 3.30. The van der Waals surface area contributed by atoms with Crippen molar-refractivity contribution in [2.24, 2.45) is 5.10 Å². The highest BCUT2D eigenvalue weighted by Crippen LogP contribution is 2.28. The van der Waals surface area contributed by atoms with E-state index in [2.05, 4.69) is 10.5 Å². The SMILES string of the molecule is COc1cccc2cc(C(=O)N/N=C\c3cccc(Cl)c3Cl)oc12. The molecule has 3 aromatic rings. The van der Waals surface area contributed by atoms with Crippen molar-refractivity contribution in [1.29, 1.82) is 0 Å². The van der Waals surface area contributed by atoms with Crippen LogP contribution in [-0.2, 0) is 0 Å². The number of benzene rings is 2. The summed E-state index contributed by atoms with van der Waals surface area (Å²) in [5.74, 6) is 0.201. The number of rotatable bonds is 4. The lowest BCUT2D eigenvalue weighted by molar-refractivity contribution is 0.0929. The normalized spacial score (nSPS) is 11.1. The second-order valence-electron chi connectivity index (χ2n) is 4.83. The number of amides is 1. The van der Waals surface area contributed by atoms with Gasteiger partial charge in [-0.25, -0.2) is 5.43 Å². The van der Waals surface area contributed by atoms with Gasteiger partial charge in [0.05, 0.1) is 23.4 Å². The molecule has 0 saturated heterocycles. The standard InChI is InChI=1S/C17H12Cl2N2O3/c1-23-13-7-3-4-10-8-14(24-16(10)13)17(22)21-20-9-11-5-2-6-12(18)15(11)19/h2-9H,1H3,(H,21,22)/b20-9-. The van der Waals surface area contributed by atoms with Gasteiger partial charge in [0.1, 0.15) is 0 Å². The summed E-state index contributed by atoms with van der Waals surface area (Å²) in [6, 6.07) is 12.2. The van der Waals surface area contributed by atoms with E-state index in [4.69, 9.17) is 32.4 Å². The van der Waals surface area contributed by atoms with Crippen LogP contribution in [0, 0.1) is 0 Å². The van der Waals surface area contributed by atoms with Gasteiger partial charge in [0.2, 0.25) is 0 Å². The minimum Gasteiger partial charge on any atom is -0.493 e. The number of carbonyl (C=O) groups is 1. The summed E-state index contributed by atoms with van der Waals surface area (Å²) in [6.07, 6.45) is 1.41. The topological polar surface area (TPSA) is 63.8 Å². The first-order valence-electron chi connectivity index (χ1n) is 6.94. The van der Waals surface area contributed by atoms with Crippen LogP contribution in [-0.4, -0.2) is 19.2 Å². The number of nitrogens with one attached hydrogen (secondary N) is 1. The minimum atomic E-state index is -0.484. The zero-order chi connectivity index (χ0) is 17.1. The molecule has 0 unspecified atom stereocenters. The van der Waals surface area contributed by atoms with Crippen LogP contribution in [0.4, 0.5) is 0 Å². The van der Waals surface area contributed by atoms with Crippen molar-refractivity contribution in [2.45, 2.75) is 0 Å². The molecule has 122 valence electrons. The number of furan rings is 1. The lowest BCUT2D eigenvalue weighted by Crippen LogP contribution is -2.16. The molecule has 0 saturated carbocycles. The molecule has 0 aliphatic heterocycles. The highest BCUT2D eigenvalue weighted by Gasteiger charge is 2.14. The summed E-state index contributed by atoms with van der Waals surface area (Å²) in [7, 11) is 1.54. The predicted octanol–water partition coefficient (Wildman–Crippen LogP) is 4.51. The lowest BCUT2D eigenvalue weighted by atomic mass is 10.2. The van der Waals surface area contributed by atoms with Crippen LogP contribution in [0.1, 0.15) is 16.1 Å². The zero-order valence-corrected chi connectivity index (χ0v) is 14.1. The van der Waals surface area contributed by atoms with Crippen molar-refractivity contribution >= 4 is 46.3 Å². The van der Waals surface area contributed by atoms with E-state index in [1.165, 1.54) is 13.3 Å². The number of nitrogens with zero attached hydrogens (tertiary/aromatic N) is 1. The van der Waals surface area contributed by atoms with E-state index in [0.29, 0.717) is 26.9 Å². The highest BCUT2D eigenvalue weighted by molar-refractivity contribution is 6.43. The maximum Gasteiger partial charge on any atom is 0.307 e. The summed E-state index contributed by atoms with van der Waals surface area (Å²) in [5, 5.41) is 5.42. The molecule has 7 heteroatoms. The van der Waals surface area contributed by atoms with Gasteiger partial charge in [0.25, 0.3) is 0 Å². The molecule has 0 fully saturated rings. The first-order valence-corrected chi connectivity index (χ1v) is 7.69. The monoisotopic (exact) mass is 362 g/mol. The van der Waals surface area contributed by atoms with Gasteiger partial charge in [0.15, 0.2) is 17.1 Å². The van der Waals surface area contributed by atoms with Gasteiger partial charge >= 0.3 is 5.91 Å². The number of carbonyl (C=O) groups excluding carboxylic acids is 1. The molecule has 0 aliphatic rings. The smallest absolute Gasteiger partial charge is 0.307 e. The van der Waals surface area contributed by atoms with Crippen LogP contribution in [0.5, 0.6) is 5.75 Å². The third-order valence-corrected chi connectivity index (χ3v) is 4.14. The highest BCUT2D eigenvalue weighted by atomic mass is 35.5. The van der Waals surface area contributed by atoms with Crippen LogP contribution in [0.15, 0.2) is 52.0 Å². The first-order chi connectivity index (χ1) is 11.6. The summed E-state index contributed by atoms with van der Waals surface area (Å²) < 4.78 is 10.7. The Labute approximate surface area is 147 Å². The van der Waals surface area contributed by atoms with Gasteiger partial charge in [-0.2, -0.15) is 5.10 Å². The van der Waals surface area contributed by atoms with Gasteiger partial charge in [-0.3, -0.25) is 4.79 Å². The van der Waals surface area contributed by atoms with E-state index in [-0.39, 0.29) is 5.76 Å². The molecular weight excluding hydrogens is 351 g/mol. The van der Waals surface area contributed by atoms with Crippen molar-refractivity contribution < 1.29 is 13.9 Å². The average molecular weight is 363 g/mol. The molecule has 0 aliphatic carbocycles. The number of hydrogen-bond acceptors (Lipinski definition) is 4. The third kappa shape index (κ3) is 3.22. The molecular formula is C17H12Cl2N2O3. The summed E-state index contributed by atoms with van der Waals surface area (Å²) >= 11 is 12.0. The number of ether oxygens (including phenoxy) is 1. The van der Waals surface area contributed by atoms with E-state index >= 15 is 0 Å². The molecule has 0 radical (unpaired) electrons. The first kappa shape index (κ1) is 16.4. The largest absolute Gasteiger partial charge is 0.493 e. The average Bonchev–Trinajstić information content (AvgIpc) is 3.02. The molecule has 1 aromatic heterocycles. The molecule has 0 spiro atoms. The predicted molar refractivity (Wildman–Crippen MR) is 94.3 cm³/mol. The molecule has 1 N–H and O–H groups in total. The Kier molecular flexibility index (Phi) is 4.74. The van der Waals surface area contributed by atoms with E-state index < -0.39 is 5.91 Å². The Morgan fingerprint density at radius 3 is 2.83 bits per heavy atom. The van der Waals surface area contributed by atoms with Crippen LogP contribution in [0.25, 0.3) is 11.0 Å². The van der Waals surface area contributed by atoms with Crippen LogP contribution < -0.4 is 10.2 Å². The van der Waals surface area contributed by atoms with Gasteiger partial charge in [0, 0.05) is 10.9 Å². The Morgan fingerprint density at radius 2 is 2.04 bits per heavy atom. The lowest BCUT2D eigenvalue weighted by Gasteiger charge is -2.00. The molecule has 0 bridgehead atoms. The van der Waals surface area contributed by atoms with Crippen molar-refractivity contribution in [3.8, 4) is 5.75 Å². The second-order valence-corrected chi connectivity index (χ2v) is 5.62. The van der Waals surface area contributed by atoms with Gasteiger partial charge in [-0.15, -0.1) is 0 Å². The fourth-order valence-electron chi connectivity index (χ4n) is 2.14. The fourth-order valence-corrected chi connectivity index (χ4v) is 2.50. The van der Waals surface area contributed by atoms with E-state index in [0.717, 1.165) is 5.39 Å². The minimum absolute atomic E-state index is 0.129. The van der Waals surface area contributed by atoms with Gasteiger partial charge in [-0.1, -0.05) is 47.5 Å². The summed E-state index contributed by atoms with van der Waals surface area (Å²) in [4.78, 5) is 12.1. The number of hydrazone groups is 1. The molecule has 2 aromatic carbocycles. The maximum atomic E-state index is 12.1. The van der Waals surface area contributed by atoms with Crippen molar-refractivity contribution in [1.82, 2.24) is 5.43 Å². The molecule has 24 heavy (non-hydrogen) atoms. The second kappa shape index (κ2) is 6.95. The van der Waals surface area contributed by atoms with Crippen molar-refractivity contribution in [3.63, 3.8) is 0 Å². The number of halogens is 2. The van der Waals surface area contributed by atoms with Crippen molar-refractivity contribution in [3.05, 3.63) is 63.8 Å². The van der Waals surface area contributed by atoms with E-state index in [1.54, 1.807) is 30.3 Å². The van der Waals surface area contributed by atoms with Crippen molar-refractivity contribution in [2.75, 3.05) is 7.11 Å². The Hall–Kier alpha value is -2.50. The number of para-hydroxylation sites is 1. The Bertz CT molecular complexity index is 935. The van der Waals surface area contributed by atoms with E-state index in [9.17, 15) is 4.79 Å². The Morgan fingerprint density at radius 1 is 1.25 bits per heavy atom. The fraction of sp³-hybridized carbons (Fsp3) is 0.0588. The van der Waals surface area contributed by atoms with E-state index in [1.807, 2.05) is 12.1 Å². The number of fused-ring (bicyclic) bond motifs is 1. The molecule has 1 amide bonds. The Balaban J connectivity index is 1.78. The van der Waals surface area contributed by atoms with Crippen LogP contribution >= 0.6 is 23.2 Å².